The highest BCUT2D eigenvalue weighted by Crippen LogP contribution is 2.58. The van der Waals surface area contributed by atoms with Crippen molar-refractivity contribution < 1.29 is 29.3 Å². The minimum absolute atomic E-state index is 0.111. The lowest BCUT2D eigenvalue weighted by Crippen LogP contribution is -2.58. The topological polar surface area (TPSA) is 107 Å². The van der Waals surface area contributed by atoms with E-state index in [0.29, 0.717) is 38.8 Å². The fraction of sp³-hybridized carbons (Fsp3) is 0.800. The third-order valence-corrected chi connectivity index (χ3v) is 8.25. The van der Waals surface area contributed by atoms with Gasteiger partial charge in [-0.2, -0.15) is 0 Å². The van der Waals surface area contributed by atoms with Crippen LogP contribution in [0.1, 0.15) is 70.6 Å². The van der Waals surface area contributed by atoms with Crippen molar-refractivity contribution in [1.82, 2.24) is 9.80 Å². The molecule has 184 valence electrons. The van der Waals surface area contributed by atoms with Crippen molar-refractivity contribution in [2.24, 2.45) is 11.8 Å². The Morgan fingerprint density at radius 3 is 2.55 bits per heavy atom. The van der Waals surface area contributed by atoms with Gasteiger partial charge in [0.15, 0.2) is 0 Å². The Morgan fingerprint density at radius 1 is 1.15 bits per heavy atom. The number of carboxylic acids is 1. The molecule has 0 aromatic rings. The minimum atomic E-state index is -1.04. The molecule has 4 rings (SSSR count). The largest absolute Gasteiger partial charge is 0.481 e. The van der Waals surface area contributed by atoms with E-state index in [1.54, 1.807) is 11.0 Å². The molecule has 8 nitrogen and oxygen atoms in total. The average molecular weight is 463 g/mol. The highest BCUT2D eigenvalue weighted by Gasteiger charge is 2.74. The number of hydrogen-bond donors (Lipinski definition) is 2. The maximum absolute atomic E-state index is 14.2. The number of rotatable bonds is 11. The highest BCUT2D eigenvalue weighted by atomic mass is 16.5. The van der Waals surface area contributed by atoms with E-state index in [4.69, 9.17) is 9.84 Å². The third-order valence-electron chi connectivity index (χ3n) is 8.25. The second-order valence-electron chi connectivity index (χ2n) is 10.1. The van der Waals surface area contributed by atoms with E-state index in [-0.39, 0.29) is 24.5 Å². The predicted molar refractivity (Wildman–Crippen MR) is 121 cm³/mol. The molecule has 8 heteroatoms. The third kappa shape index (κ3) is 4.20. The van der Waals surface area contributed by atoms with Crippen LogP contribution in [0.5, 0.6) is 0 Å². The van der Waals surface area contributed by atoms with Gasteiger partial charge in [-0.15, -0.1) is 6.58 Å². The van der Waals surface area contributed by atoms with E-state index < -0.39 is 35.6 Å². The molecule has 5 atom stereocenters. The Hall–Kier alpha value is -1.93. The SMILES string of the molecule is C=CCN(C(=O)[C@@H]1N(CCCCCCO)C(=O)[C@H]2[C@H](C(=O)O)[C@@H]3CC[C@]12O3)C1CCCCC1. The van der Waals surface area contributed by atoms with Crippen molar-refractivity contribution in [3.8, 4) is 0 Å². The summed E-state index contributed by atoms with van der Waals surface area (Å²) in [4.78, 5) is 43.4. The van der Waals surface area contributed by atoms with Gasteiger partial charge < -0.3 is 24.7 Å². The molecular formula is C25H38N2O6. The summed E-state index contributed by atoms with van der Waals surface area (Å²) < 4.78 is 6.30. The molecular weight excluding hydrogens is 424 g/mol. The number of amides is 2. The first-order chi connectivity index (χ1) is 16.0. The number of aliphatic carboxylic acids is 1. The van der Waals surface area contributed by atoms with Crippen LogP contribution in [0.2, 0.25) is 0 Å². The number of ether oxygens (including phenoxy) is 1. The average Bonchev–Trinajstić information content (AvgIpc) is 3.45. The molecule has 3 saturated heterocycles. The first-order valence-corrected chi connectivity index (χ1v) is 12.7. The lowest BCUT2D eigenvalue weighted by molar-refractivity contribution is -0.151. The Labute approximate surface area is 195 Å². The van der Waals surface area contributed by atoms with Gasteiger partial charge >= 0.3 is 5.97 Å². The number of hydrogen-bond acceptors (Lipinski definition) is 5. The summed E-state index contributed by atoms with van der Waals surface area (Å²) in [7, 11) is 0. The molecule has 3 aliphatic heterocycles. The molecule has 0 aromatic carbocycles. The van der Waals surface area contributed by atoms with Crippen LogP contribution in [-0.4, -0.2) is 81.3 Å². The van der Waals surface area contributed by atoms with E-state index in [2.05, 4.69) is 6.58 Å². The summed E-state index contributed by atoms with van der Waals surface area (Å²) in [6.07, 6.45) is 10.7. The van der Waals surface area contributed by atoms with Crippen molar-refractivity contribution in [3.05, 3.63) is 12.7 Å². The van der Waals surface area contributed by atoms with Crippen LogP contribution in [0.15, 0.2) is 12.7 Å². The quantitative estimate of drug-likeness (QED) is 0.361. The number of nitrogens with zero attached hydrogens (tertiary/aromatic N) is 2. The van der Waals surface area contributed by atoms with E-state index in [1.165, 1.54) is 6.42 Å². The predicted octanol–water partition coefficient (Wildman–Crippen LogP) is 2.35. The Bertz CT molecular complexity index is 766. The first kappa shape index (κ1) is 24.2. The van der Waals surface area contributed by atoms with Gasteiger partial charge in [0.1, 0.15) is 11.6 Å². The fourth-order valence-corrected chi connectivity index (χ4v) is 6.81. The number of unbranched alkanes of at least 4 members (excludes halogenated alkanes) is 3. The number of aliphatic hydroxyl groups excluding tert-OH is 1. The van der Waals surface area contributed by atoms with Gasteiger partial charge in [-0.1, -0.05) is 38.2 Å². The smallest absolute Gasteiger partial charge is 0.310 e. The number of likely N-dealkylation sites (tertiary alicyclic amines) is 1. The van der Waals surface area contributed by atoms with E-state index >= 15 is 0 Å². The van der Waals surface area contributed by atoms with Gasteiger partial charge in [-0.25, -0.2) is 0 Å². The zero-order valence-electron chi connectivity index (χ0n) is 19.5. The fourth-order valence-electron chi connectivity index (χ4n) is 6.81. The van der Waals surface area contributed by atoms with Crippen molar-refractivity contribution in [3.63, 3.8) is 0 Å². The lowest BCUT2D eigenvalue weighted by atomic mass is 9.70. The number of carboxylic acid groups (broad SMARTS) is 1. The molecule has 2 bridgehead atoms. The van der Waals surface area contributed by atoms with Crippen LogP contribution in [0.4, 0.5) is 0 Å². The van der Waals surface area contributed by atoms with E-state index in [1.807, 2.05) is 4.90 Å². The molecule has 1 spiro atoms. The molecule has 0 radical (unpaired) electrons. The Kier molecular flexibility index (Phi) is 7.43. The molecule has 4 fully saturated rings. The van der Waals surface area contributed by atoms with Crippen LogP contribution >= 0.6 is 0 Å². The van der Waals surface area contributed by atoms with Gasteiger partial charge in [0.05, 0.1) is 17.9 Å². The summed E-state index contributed by atoms with van der Waals surface area (Å²) in [6, 6.07) is -0.654. The van der Waals surface area contributed by atoms with Crippen LogP contribution in [-0.2, 0) is 19.1 Å². The maximum atomic E-state index is 14.2. The number of carbonyl (C=O) groups excluding carboxylic acids is 2. The van der Waals surface area contributed by atoms with E-state index in [9.17, 15) is 19.5 Å². The van der Waals surface area contributed by atoms with Crippen molar-refractivity contribution in [1.29, 1.82) is 0 Å². The maximum Gasteiger partial charge on any atom is 0.310 e. The number of carbonyl (C=O) groups is 3. The Balaban J connectivity index is 1.63. The van der Waals surface area contributed by atoms with Crippen LogP contribution in [0.3, 0.4) is 0 Å². The molecule has 33 heavy (non-hydrogen) atoms. The molecule has 0 unspecified atom stereocenters. The molecule has 3 heterocycles. The second kappa shape index (κ2) is 10.1. The Morgan fingerprint density at radius 2 is 1.88 bits per heavy atom. The van der Waals surface area contributed by atoms with Crippen molar-refractivity contribution >= 4 is 17.8 Å². The summed E-state index contributed by atoms with van der Waals surface area (Å²) in [6.45, 7) is 4.83. The molecule has 2 N–H and O–H groups in total. The highest BCUT2D eigenvalue weighted by molar-refractivity contribution is 5.98. The zero-order valence-corrected chi connectivity index (χ0v) is 19.5. The van der Waals surface area contributed by atoms with Gasteiger partial charge in [0.2, 0.25) is 11.8 Å². The monoisotopic (exact) mass is 462 g/mol. The van der Waals surface area contributed by atoms with Crippen LogP contribution in [0, 0.1) is 11.8 Å². The lowest BCUT2D eigenvalue weighted by Gasteiger charge is -2.40. The molecule has 0 aromatic heterocycles. The molecule has 1 aliphatic carbocycles. The summed E-state index contributed by atoms with van der Waals surface area (Å²) >= 11 is 0. The second-order valence-corrected chi connectivity index (χ2v) is 10.1. The summed E-state index contributed by atoms with van der Waals surface area (Å²) in [5, 5.41) is 18.9. The van der Waals surface area contributed by atoms with Crippen molar-refractivity contribution in [2.45, 2.75) is 94.4 Å². The normalized spacial score (nSPS) is 33.4. The van der Waals surface area contributed by atoms with Gasteiger partial charge in [0, 0.05) is 25.7 Å². The van der Waals surface area contributed by atoms with Crippen LogP contribution < -0.4 is 0 Å². The number of fused-ring (bicyclic) bond motifs is 1. The zero-order chi connectivity index (χ0) is 23.6. The van der Waals surface area contributed by atoms with Crippen molar-refractivity contribution in [2.75, 3.05) is 19.7 Å². The van der Waals surface area contributed by atoms with E-state index in [0.717, 1.165) is 38.5 Å². The van der Waals surface area contributed by atoms with Gasteiger partial charge in [-0.3, -0.25) is 14.4 Å². The van der Waals surface area contributed by atoms with Gasteiger partial charge in [0.25, 0.3) is 0 Å². The first-order valence-electron chi connectivity index (χ1n) is 12.7. The van der Waals surface area contributed by atoms with Gasteiger partial charge in [-0.05, 0) is 38.5 Å². The minimum Gasteiger partial charge on any atom is -0.481 e. The summed E-state index contributed by atoms with van der Waals surface area (Å²) in [5.41, 5.74) is -1.04. The summed E-state index contributed by atoms with van der Waals surface area (Å²) in [5.74, 6) is -3.04. The van der Waals surface area contributed by atoms with Crippen LogP contribution in [0.25, 0.3) is 0 Å². The number of aliphatic hydroxyl groups is 1. The standard InChI is InChI=1S/C25H38N2O6/c1-2-14-26(17-10-6-5-7-11-17)23(30)21-25-13-12-18(33-25)19(24(31)32)20(25)22(29)27(21)15-8-3-4-9-16-28/h2,17-21,28H,1,3-16H2,(H,31,32)/t18-,19+,20+,21-,25+/m0/s1. The molecule has 1 saturated carbocycles. The molecule has 2 amide bonds. The molecule has 4 aliphatic rings.